The van der Waals surface area contributed by atoms with Gasteiger partial charge in [0.25, 0.3) is 5.91 Å². The monoisotopic (exact) mass is 520 g/mol. The van der Waals surface area contributed by atoms with Crippen molar-refractivity contribution in [2.24, 2.45) is 0 Å². The van der Waals surface area contributed by atoms with Crippen molar-refractivity contribution >= 4 is 34.6 Å². The number of nitrogens with two attached hydrogens (primary N) is 1. The minimum Gasteiger partial charge on any atom is -0.492 e. The Balaban J connectivity index is 1.38. The quantitative estimate of drug-likeness (QED) is 0.177. The van der Waals surface area contributed by atoms with E-state index in [-0.39, 0.29) is 28.9 Å². The van der Waals surface area contributed by atoms with Crippen LogP contribution in [0, 0.1) is 0 Å². The van der Waals surface area contributed by atoms with Crippen molar-refractivity contribution in [3.05, 3.63) is 47.5 Å². The van der Waals surface area contributed by atoms with Crippen LogP contribution < -0.4 is 21.7 Å². The van der Waals surface area contributed by atoms with E-state index in [0.29, 0.717) is 36.5 Å². The van der Waals surface area contributed by atoms with Crippen molar-refractivity contribution < 1.29 is 14.7 Å². The van der Waals surface area contributed by atoms with Gasteiger partial charge in [0, 0.05) is 23.2 Å². The van der Waals surface area contributed by atoms with Gasteiger partial charge in [0.05, 0.1) is 18.4 Å². The fourth-order valence-electron chi connectivity index (χ4n) is 3.49. The maximum atomic E-state index is 12.9. The highest BCUT2D eigenvalue weighted by Gasteiger charge is 2.25. The topological polar surface area (TPSA) is 222 Å². The highest BCUT2D eigenvalue weighted by Crippen LogP contribution is 2.19. The number of fused-ring (bicyclic) bond motifs is 1. The molecule has 1 atom stereocenters. The number of aromatic amines is 1. The van der Waals surface area contributed by atoms with E-state index in [9.17, 15) is 14.7 Å². The summed E-state index contributed by atoms with van der Waals surface area (Å²) in [6.45, 7) is 5.89. The lowest BCUT2D eigenvalue weighted by Gasteiger charge is -2.25. The van der Waals surface area contributed by atoms with Crippen LogP contribution in [0.3, 0.4) is 0 Å². The highest BCUT2D eigenvalue weighted by molar-refractivity contribution is 5.97. The summed E-state index contributed by atoms with van der Waals surface area (Å²) < 4.78 is 0. The van der Waals surface area contributed by atoms with Crippen molar-refractivity contribution in [1.29, 1.82) is 0 Å². The number of hydrogen-bond donors (Lipinski definition) is 6. The molecule has 0 radical (unpaired) electrons. The number of carbonyl (C=O) groups excluding carboxylic acids is 2. The Kier molecular flexibility index (Phi) is 7.55. The van der Waals surface area contributed by atoms with Crippen molar-refractivity contribution in [3.8, 4) is 5.88 Å². The number of tetrazole rings is 1. The number of carbonyl (C=O) groups is 2. The number of nitrogens with one attached hydrogen (secondary N) is 4. The summed E-state index contributed by atoms with van der Waals surface area (Å²) in [4.78, 5) is 41.9. The first-order valence-electron chi connectivity index (χ1n) is 11.7. The molecule has 15 heteroatoms. The summed E-state index contributed by atoms with van der Waals surface area (Å²) in [6, 6.07) is 5.96. The molecule has 38 heavy (non-hydrogen) atoms. The van der Waals surface area contributed by atoms with Gasteiger partial charge in [-0.2, -0.15) is 15.2 Å². The molecule has 198 valence electrons. The average molecular weight is 521 g/mol. The molecular weight excluding hydrogens is 492 g/mol. The first kappa shape index (κ1) is 26.1. The molecule has 3 aromatic heterocycles. The van der Waals surface area contributed by atoms with Crippen molar-refractivity contribution in [1.82, 2.24) is 51.2 Å². The first-order chi connectivity index (χ1) is 18.1. The van der Waals surface area contributed by atoms with Crippen molar-refractivity contribution in [2.75, 3.05) is 11.1 Å². The number of rotatable bonds is 9. The summed E-state index contributed by atoms with van der Waals surface area (Å²) in [5.41, 5.74) is 7.04. The molecule has 0 aliphatic carbocycles. The van der Waals surface area contributed by atoms with Gasteiger partial charge in [-0.1, -0.05) is 5.21 Å². The second kappa shape index (κ2) is 11.0. The minimum absolute atomic E-state index is 0.0903. The van der Waals surface area contributed by atoms with Gasteiger partial charge in [-0.05, 0) is 51.5 Å². The van der Waals surface area contributed by atoms with Gasteiger partial charge in [-0.3, -0.25) is 9.59 Å². The number of hydrogen-bond acceptors (Lipinski definition) is 12. The standard InChI is InChI=1S/C23H28N12O3/c1-23(2,3)31-20(37)15(8-9-16-32-34-35-33-16)28-19(36)12-4-6-13(7-5-12)25-10-14-11-26-18-17(27-14)21(38)30-22(24)29-18/h4-7,11,15,25H,8-10H2,1-3H3,(H,28,36)(H,31,37)(H,32,33,34,35)(H3,24,26,29,30,38)/t15-/m0/s1. The van der Waals surface area contributed by atoms with Gasteiger partial charge < -0.3 is 26.8 Å². The molecule has 7 N–H and O–H groups in total. The van der Waals surface area contributed by atoms with Crippen LogP contribution in [-0.2, 0) is 17.8 Å². The molecule has 4 aromatic rings. The molecule has 0 fully saturated rings. The minimum atomic E-state index is -0.791. The lowest BCUT2D eigenvalue weighted by Crippen LogP contribution is -2.52. The summed E-state index contributed by atoms with van der Waals surface area (Å²) in [5, 5.41) is 32.5. The summed E-state index contributed by atoms with van der Waals surface area (Å²) in [7, 11) is 0. The summed E-state index contributed by atoms with van der Waals surface area (Å²) in [6.07, 6.45) is 2.17. The number of nitrogen functional groups attached to an aromatic ring is 1. The predicted octanol–water partition coefficient (Wildman–Crippen LogP) is 0.479. The van der Waals surface area contributed by atoms with Crippen LogP contribution in [0.25, 0.3) is 11.2 Å². The van der Waals surface area contributed by atoms with Crippen LogP contribution in [0.15, 0.2) is 30.5 Å². The number of aromatic hydroxyl groups is 1. The predicted molar refractivity (Wildman–Crippen MR) is 137 cm³/mol. The van der Waals surface area contributed by atoms with Crippen LogP contribution in [0.5, 0.6) is 5.88 Å². The molecule has 0 saturated carbocycles. The Labute approximate surface area is 217 Å². The molecule has 2 amide bonds. The van der Waals surface area contributed by atoms with Crippen LogP contribution in [-0.4, -0.2) is 69.1 Å². The summed E-state index contributed by atoms with van der Waals surface area (Å²) in [5.74, 6) is -0.681. The van der Waals surface area contributed by atoms with Crippen molar-refractivity contribution in [2.45, 2.75) is 51.7 Å². The van der Waals surface area contributed by atoms with Gasteiger partial charge in [0.2, 0.25) is 17.7 Å². The van der Waals surface area contributed by atoms with E-state index in [1.165, 1.54) is 6.20 Å². The molecule has 0 unspecified atom stereocenters. The molecule has 0 aliphatic rings. The number of benzene rings is 1. The Morgan fingerprint density at radius 2 is 1.89 bits per heavy atom. The largest absolute Gasteiger partial charge is 0.492 e. The molecule has 0 aliphatic heterocycles. The number of nitrogens with zero attached hydrogens (tertiary/aromatic N) is 7. The average Bonchev–Trinajstić information content (AvgIpc) is 3.38. The molecule has 15 nitrogen and oxygen atoms in total. The van der Waals surface area contributed by atoms with E-state index in [2.05, 4.69) is 56.5 Å². The van der Waals surface area contributed by atoms with E-state index in [1.807, 2.05) is 20.8 Å². The van der Waals surface area contributed by atoms with Crippen LogP contribution in [0.4, 0.5) is 11.6 Å². The smallest absolute Gasteiger partial charge is 0.251 e. The molecule has 4 rings (SSSR count). The number of anilines is 2. The number of aryl methyl sites for hydroxylation is 1. The third-order valence-electron chi connectivity index (χ3n) is 5.24. The van der Waals surface area contributed by atoms with Crippen LogP contribution >= 0.6 is 0 Å². The zero-order chi connectivity index (χ0) is 27.3. The Morgan fingerprint density at radius 1 is 1.13 bits per heavy atom. The fourth-order valence-corrected chi connectivity index (χ4v) is 3.49. The molecule has 0 spiro atoms. The zero-order valence-corrected chi connectivity index (χ0v) is 21.1. The van der Waals surface area contributed by atoms with E-state index >= 15 is 0 Å². The lowest BCUT2D eigenvalue weighted by atomic mass is 10.0. The van der Waals surface area contributed by atoms with Gasteiger partial charge in [0.15, 0.2) is 17.0 Å². The lowest BCUT2D eigenvalue weighted by molar-refractivity contribution is -0.124. The SMILES string of the molecule is CC(C)(C)NC(=O)[C@H](CCc1nn[nH]n1)NC(=O)c1ccc(NCc2cnc3nc(N)nc(O)c3n2)cc1. The molecular formula is C23H28N12O3. The van der Waals surface area contributed by atoms with Crippen LogP contribution in [0.1, 0.15) is 49.1 Å². The third-order valence-corrected chi connectivity index (χ3v) is 5.24. The zero-order valence-electron chi connectivity index (χ0n) is 21.1. The maximum Gasteiger partial charge on any atom is 0.251 e. The normalized spacial score (nSPS) is 12.2. The van der Waals surface area contributed by atoms with E-state index in [0.717, 1.165) is 5.69 Å². The molecule has 3 heterocycles. The van der Waals surface area contributed by atoms with Crippen LogP contribution in [0.2, 0.25) is 0 Å². The molecule has 0 bridgehead atoms. The van der Waals surface area contributed by atoms with E-state index in [4.69, 9.17) is 5.73 Å². The fraction of sp³-hybridized carbons (Fsp3) is 0.348. The van der Waals surface area contributed by atoms with Gasteiger partial charge in [-0.25, -0.2) is 9.97 Å². The Hall–Kier alpha value is -4.95. The number of aromatic nitrogens is 8. The number of amides is 2. The maximum absolute atomic E-state index is 12.9. The molecule has 0 saturated heterocycles. The van der Waals surface area contributed by atoms with E-state index in [1.54, 1.807) is 24.3 Å². The second-order valence-corrected chi connectivity index (χ2v) is 9.50. The summed E-state index contributed by atoms with van der Waals surface area (Å²) >= 11 is 0. The second-order valence-electron chi connectivity index (χ2n) is 9.50. The highest BCUT2D eigenvalue weighted by atomic mass is 16.3. The van der Waals surface area contributed by atoms with Gasteiger partial charge in [-0.15, -0.1) is 10.2 Å². The van der Waals surface area contributed by atoms with E-state index < -0.39 is 17.5 Å². The van der Waals surface area contributed by atoms with Gasteiger partial charge >= 0.3 is 0 Å². The Morgan fingerprint density at radius 3 is 2.58 bits per heavy atom. The molecule has 1 aromatic carbocycles. The van der Waals surface area contributed by atoms with Crippen molar-refractivity contribution in [3.63, 3.8) is 0 Å². The third kappa shape index (κ3) is 6.83. The Bertz CT molecular complexity index is 1420. The number of H-pyrrole nitrogens is 1. The first-order valence-corrected chi connectivity index (χ1v) is 11.7. The van der Waals surface area contributed by atoms with Gasteiger partial charge in [0.1, 0.15) is 6.04 Å².